The minimum atomic E-state index is -0.501. The highest BCUT2D eigenvalue weighted by Crippen LogP contribution is 2.26. The van der Waals surface area contributed by atoms with Crippen LogP contribution in [0.4, 0.5) is 8.78 Å². The lowest BCUT2D eigenvalue weighted by molar-refractivity contribution is 0.469. The van der Waals surface area contributed by atoms with Gasteiger partial charge in [0.05, 0.1) is 6.20 Å². The molecule has 20 heavy (non-hydrogen) atoms. The molecular weight excluding hydrogens is 260 g/mol. The van der Waals surface area contributed by atoms with Crippen LogP contribution in [0.25, 0.3) is 0 Å². The Hall–Kier alpha value is -1.75. The first kappa shape index (κ1) is 14.7. The van der Waals surface area contributed by atoms with Gasteiger partial charge in [-0.05, 0) is 44.0 Å². The highest BCUT2D eigenvalue weighted by molar-refractivity contribution is 5.29. The molecule has 2 rings (SSSR count). The van der Waals surface area contributed by atoms with Gasteiger partial charge in [0.1, 0.15) is 11.6 Å². The monoisotopic (exact) mass is 279 g/mol. The maximum absolute atomic E-state index is 14.1. The molecule has 0 saturated carbocycles. The number of hydrogen-bond donors (Lipinski definition) is 1. The molecule has 0 fully saturated rings. The summed E-state index contributed by atoms with van der Waals surface area (Å²) in [6.45, 7) is 1.64. The SMILES string of the molecule is CNC(CCc1cnn(C)c1)c1c(F)ccc(C)c1F. The molecule has 5 heteroatoms. The van der Waals surface area contributed by atoms with Gasteiger partial charge in [0.2, 0.25) is 0 Å². The summed E-state index contributed by atoms with van der Waals surface area (Å²) >= 11 is 0. The summed E-state index contributed by atoms with van der Waals surface area (Å²) in [5.74, 6) is -0.964. The second-order valence-corrected chi connectivity index (χ2v) is 4.99. The second kappa shape index (κ2) is 6.13. The van der Waals surface area contributed by atoms with Crippen LogP contribution in [0.5, 0.6) is 0 Å². The van der Waals surface area contributed by atoms with Crippen LogP contribution in [0, 0.1) is 18.6 Å². The first-order chi connectivity index (χ1) is 9.52. The number of hydrogen-bond acceptors (Lipinski definition) is 2. The van der Waals surface area contributed by atoms with Gasteiger partial charge < -0.3 is 5.32 Å². The highest BCUT2D eigenvalue weighted by Gasteiger charge is 2.20. The summed E-state index contributed by atoms with van der Waals surface area (Å²) in [7, 11) is 3.56. The van der Waals surface area contributed by atoms with E-state index in [-0.39, 0.29) is 11.6 Å². The molecule has 0 saturated heterocycles. The van der Waals surface area contributed by atoms with Crippen LogP contribution < -0.4 is 5.32 Å². The predicted octanol–water partition coefficient (Wildman–Crippen LogP) is 2.90. The van der Waals surface area contributed by atoms with Crippen molar-refractivity contribution in [2.75, 3.05) is 7.05 Å². The van der Waals surface area contributed by atoms with E-state index in [2.05, 4.69) is 10.4 Å². The second-order valence-electron chi connectivity index (χ2n) is 4.99. The molecule has 0 radical (unpaired) electrons. The Labute approximate surface area is 117 Å². The average molecular weight is 279 g/mol. The van der Waals surface area contributed by atoms with Crippen molar-refractivity contribution in [2.45, 2.75) is 25.8 Å². The fourth-order valence-corrected chi connectivity index (χ4v) is 2.34. The number of rotatable bonds is 5. The summed E-state index contributed by atoms with van der Waals surface area (Å²) in [4.78, 5) is 0. The van der Waals surface area contributed by atoms with Gasteiger partial charge in [-0.15, -0.1) is 0 Å². The van der Waals surface area contributed by atoms with Crippen LogP contribution in [-0.4, -0.2) is 16.8 Å². The molecule has 0 aliphatic rings. The van der Waals surface area contributed by atoms with Gasteiger partial charge in [-0.2, -0.15) is 5.10 Å². The lowest BCUT2D eigenvalue weighted by Crippen LogP contribution is -2.20. The maximum atomic E-state index is 14.1. The zero-order chi connectivity index (χ0) is 14.7. The van der Waals surface area contributed by atoms with E-state index >= 15 is 0 Å². The first-order valence-electron chi connectivity index (χ1n) is 6.62. The van der Waals surface area contributed by atoms with Gasteiger partial charge in [-0.3, -0.25) is 4.68 Å². The van der Waals surface area contributed by atoms with Gasteiger partial charge in [-0.1, -0.05) is 6.07 Å². The fraction of sp³-hybridized carbons (Fsp3) is 0.400. The van der Waals surface area contributed by atoms with Gasteiger partial charge in [0.25, 0.3) is 0 Å². The third-order valence-corrected chi connectivity index (χ3v) is 3.50. The normalized spacial score (nSPS) is 12.7. The van der Waals surface area contributed by atoms with Crippen LogP contribution in [0.15, 0.2) is 24.5 Å². The van der Waals surface area contributed by atoms with E-state index in [1.54, 1.807) is 24.9 Å². The molecule has 0 amide bonds. The Morgan fingerprint density at radius 2 is 2.10 bits per heavy atom. The van der Waals surface area contributed by atoms with Crippen molar-refractivity contribution in [1.82, 2.24) is 15.1 Å². The largest absolute Gasteiger partial charge is 0.313 e. The van der Waals surface area contributed by atoms with Crippen LogP contribution in [-0.2, 0) is 13.5 Å². The van der Waals surface area contributed by atoms with Crippen molar-refractivity contribution in [1.29, 1.82) is 0 Å². The number of nitrogens with zero attached hydrogens (tertiary/aromatic N) is 2. The zero-order valence-electron chi connectivity index (χ0n) is 12.0. The molecule has 0 spiro atoms. The van der Waals surface area contributed by atoms with Gasteiger partial charge in [0.15, 0.2) is 0 Å². The van der Waals surface area contributed by atoms with Gasteiger partial charge in [0, 0.05) is 24.8 Å². The molecule has 108 valence electrons. The van der Waals surface area contributed by atoms with Crippen molar-refractivity contribution in [3.8, 4) is 0 Å². The third kappa shape index (κ3) is 3.04. The molecule has 1 unspecified atom stereocenters. The molecule has 1 atom stereocenters. The molecule has 0 aliphatic heterocycles. The number of aryl methyl sites for hydroxylation is 3. The van der Waals surface area contributed by atoms with E-state index in [4.69, 9.17) is 0 Å². The van der Waals surface area contributed by atoms with Crippen molar-refractivity contribution in [3.63, 3.8) is 0 Å². The van der Waals surface area contributed by atoms with Crippen molar-refractivity contribution >= 4 is 0 Å². The summed E-state index contributed by atoms with van der Waals surface area (Å²) in [6.07, 6.45) is 5.01. The highest BCUT2D eigenvalue weighted by atomic mass is 19.1. The molecule has 0 bridgehead atoms. The predicted molar refractivity (Wildman–Crippen MR) is 74.4 cm³/mol. The van der Waals surface area contributed by atoms with Crippen molar-refractivity contribution < 1.29 is 8.78 Å². The van der Waals surface area contributed by atoms with E-state index in [1.165, 1.54) is 12.1 Å². The van der Waals surface area contributed by atoms with Crippen LogP contribution >= 0.6 is 0 Å². The Balaban J connectivity index is 2.18. The molecule has 1 N–H and O–H groups in total. The summed E-state index contributed by atoms with van der Waals surface area (Å²) < 4.78 is 29.8. The number of benzene rings is 1. The molecule has 1 aromatic carbocycles. The van der Waals surface area contributed by atoms with E-state index in [0.717, 1.165) is 5.56 Å². The lowest BCUT2D eigenvalue weighted by Gasteiger charge is -2.18. The quantitative estimate of drug-likeness (QED) is 0.912. The standard InChI is InChI=1S/C15H19F2N3/c1-10-4-6-12(16)14(15(10)17)13(18-2)7-5-11-8-19-20(3)9-11/h4,6,8-9,13,18H,5,7H2,1-3H3. The summed E-state index contributed by atoms with van der Waals surface area (Å²) in [5, 5.41) is 7.09. The molecule has 1 aromatic heterocycles. The molecule has 1 heterocycles. The lowest BCUT2D eigenvalue weighted by atomic mass is 9.97. The number of halogens is 2. The number of aromatic nitrogens is 2. The Morgan fingerprint density at radius 3 is 2.70 bits per heavy atom. The zero-order valence-corrected chi connectivity index (χ0v) is 12.0. The summed E-state index contributed by atoms with van der Waals surface area (Å²) in [6, 6.07) is 2.43. The third-order valence-electron chi connectivity index (χ3n) is 3.50. The van der Waals surface area contributed by atoms with E-state index < -0.39 is 11.6 Å². The molecule has 2 aromatic rings. The minimum absolute atomic E-state index is 0.122. The van der Waals surface area contributed by atoms with Crippen LogP contribution in [0.2, 0.25) is 0 Å². The van der Waals surface area contributed by atoms with Crippen LogP contribution in [0.1, 0.15) is 29.2 Å². The van der Waals surface area contributed by atoms with Crippen molar-refractivity contribution in [2.24, 2.45) is 7.05 Å². The van der Waals surface area contributed by atoms with Gasteiger partial charge >= 0.3 is 0 Å². The summed E-state index contributed by atoms with van der Waals surface area (Å²) in [5.41, 5.74) is 1.64. The van der Waals surface area contributed by atoms with E-state index in [1.807, 2.05) is 13.2 Å². The Kier molecular flexibility index (Phi) is 4.49. The molecule has 0 aliphatic carbocycles. The van der Waals surface area contributed by atoms with E-state index in [9.17, 15) is 8.78 Å². The topological polar surface area (TPSA) is 29.9 Å². The molecule has 3 nitrogen and oxygen atoms in total. The maximum Gasteiger partial charge on any atom is 0.133 e. The Morgan fingerprint density at radius 1 is 1.35 bits per heavy atom. The minimum Gasteiger partial charge on any atom is -0.313 e. The smallest absolute Gasteiger partial charge is 0.133 e. The van der Waals surface area contributed by atoms with Crippen LogP contribution in [0.3, 0.4) is 0 Å². The molecular formula is C15H19F2N3. The van der Waals surface area contributed by atoms with Crippen molar-refractivity contribution in [3.05, 3.63) is 52.9 Å². The van der Waals surface area contributed by atoms with Gasteiger partial charge in [-0.25, -0.2) is 8.78 Å². The Bertz CT molecular complexity index is 593. The number of nitrogens with one attached hydrogen (secondary N) is 1. The fourth-order valence-electron chi connectivity index (χ4n) is 2.34. The average Bonchev–Trinajstić information content (AvgIpc) is 2.84. The first-order valence-corrected chi connectivity index (χ1v) is 6.62. The van der Waals surface area contributed by atoms with E-state index in [0.29, 0.717) is 18.4 Å².